The molecule has 136 valence electrons. The summed E-state index contributed by atoms with van der Waals surface area (Å²) >= 11 is 0. The average molecular weight is 351 g/mol. The number of H-pyrrole nitrogens is 1. The summed E-state index contributed by atoms with van der Waals surface area (Å²) in [7, 11) is 0. The van der Waals surface area contributed by atoms with Crippen molar-refractivity contribution in [1.82, 2.24) is 19.9 Å². The predicted molar refractivity (Wildman–Crippen MR) is 104 cm³/mol. The summed E-state index contributed by atoms with van der Waals surface area (Å²) < 4.78 is 0. The summed E-state index contributed by atoms with van der Waals surface area (Å²) in [6.45, 7) is 4.94. The number of nitrogens with one attached hydrogen (secondary N) is 2. The topological polar surface area (TPSA) is 119 Å². The molecule has 6 N–H and O–H groups in total. The van der Waals surface area contributed by atoms with Gasteiger partial charge < -0.3 is 21.8 Å². The van der Waals surface area contributed by atoms with E-state index in [0.29, 0.717) is 11.9 Å². The van der Waals surface area contributed by atoms with Gasteiger partial charge in [-0.3, -0.25) is 0 Å². The molecule has 7 nitrogen and oxygen atoms in total. The highest BCUT2D eigenvalue weighted by molar-refractivity contribution is 5.79. The van der Waals surface area contributed by atoms with Crippen LogP contribution in [0.15, 0.2) is 18.2 Å². The van der Waals surface area contributed by atoms with Crippen molar-refractivity contribution in [2.75, 3.05) is 17.6 Å². The van der Waals surface area contributed by atoms with Gasteiger partial charge in [0.05, 0.1) is 16.7 Å². The Morgan fingerprint density at radius 1 is 1.19 bits per heavy atom. The van der Waals surface area contributed by atoms with Crippen molar-refractivity contribution >= 4 is 22.8 Å². The van der Waals surface area contributed by atoms with Gasteiger partial charge in [0.15, 0.2) is 0 Å². The molecule has 0 spiro atoms. The van der Waals surface area contributed by atoms with E-state index in [9.17, 15) is 0 Å². The van der Waals surface area contributed by atoms with Gasteiger partial charge in [0.1, 0.15) is 11.6 Å². The van der Waals surface area contributed by atoms with Crippen LogP contribution in [-0.2, 0) is 6.42 Å². The molecule has 0 amide bonds. The van der Waals surface area contributed by atoms with Crippen LogP contribution in [0.25, 0.3) is 11.0 Å². The normalized spacial score (nSPS) is 19.5. The van der Waals surface area contributed by atoms with E-state index in [2.05, 4.69) is 46.2 Å². The fourth-order valence-corrected chi connectivity index (χ4v) is 3.48. The van der Waals surface area contributed by atoms with Crippen LogP contribution in [0.2, 0.25) is 0 Å². The highest BCUT2D eigenvalue weighted by Crippen LogP contribution is 2.35. The number of anilines is 2. The molecule has 0 bridgehead atoms. The van der Waals surface area contributed by atoms with Crippen molar-refractivity contribution in [2.24, 2.45) is 5.73 Å². The first-order chi connectivity index (χ1) is 12.5. The smallest absolute Gasteiger partial charge is 0.222 e. The maximum Gasteiger partial charge on any atom is 0.222 e. The molecule has 26 heavy (non-hydrogen) atoms. The Bertz CT molecular complexity index is 940. The number of aryl methyl sites for hydroxylation is 2. The van der Waals surface area contributed by atoms with Crippen molar-refractivity contribution < 1.29 is 0 Å². The van der Waals surface area contributed by atoms with E-state index in [-0.39, 0.29) is 6.04 Å². The number of aromatic nitrogens is 4. The van der Waals surface area contributed by atoms with Crippen LogP contribution in [0.4, 0.5) is 11.8 Å². The lowest BCUT2D eigenvalue weighted by Gasteiger charge is -2.32. The van der Waals surface area contributed by atoms with Gasteiger partial charge in [0.25, 0.3) is 0 Å². The predicted octanol–water partition coefficient (Wildman–Crippen LogP) is 2.41. The molecule has 1 aromatic carbocycles. The van der Waals surface area contributed by atoms with Crippen LogP contribution in [0.3, 0.4) is 0 Å². The first-order valence-corrected chi connectivity index (χ1v) is 9.08. The molecule has 7 heteroatoms. The molecule has 2 aromatic heterocycles. The van der Waals surface area contributed by atoms with E-state index in [0.717, 1.165) is 54.2 Å². The molecule has 0 saturated heterocycles. The first kappa shape index (κ1) is 16.8. The van der Waals surface area contributed by atoms with Gasteiger partial charge in [-0.15, -0.1) is 0 Å². The molecule has 3 aromatic rings. The van der Waals surface area contributed by atoms with Crippen molar-refractivity contribution in [3.63, 3.8) is 0 Å². The van der Waals surface area contributed by atoms with Gasteiger partial charge in [-0.05, 0) is 43.9 Å². The van der Waals surface area contributed by atoms with Gasteiger partial charge in [-0.2, -0.15) is 4.98 Å². The quantitative estimate of drug-likeness (QED) is 0.560. The van der Waals surface area contributed by atoms with Crippen LogP contribution in [0.1, 0.15) is 41.4 Å². The molecule has 1 aliphatic carbocycles. The van der Waals surface area contributed by atoms with Gasteiger partial charge in [0, 0.05) is 31.0 Å². The van der Waals surface area contributed by atoms with Crippen LogP contribution in [-0.4, -0.2) is 32.5 Å². The zero-order valence-electron chi connectivity index (χ0n) is 15.2. The zero-order chi connectivity index (χ0) is 18.3. The molecule has 1 aliphatic rings. The van der Waals surface area contributed by atoms with E-state index in [1.54, 1.807) is 0 Å². The zero-order valence-corrected chi connectivity index (χ0v) is 15.2. The fourth-order valence-electron chi connectivity index (χ4n) is 3.48. The lowest BCUT2D eigenvalue weighted by molar-refractivity contribution is 0.345. The Hall–Kier alpha value is -2.67. The largest absolute Gasteiger partial charge is 0.369 e. The third-order valence-corrected chi connectivity index (χ3v) is 5.25. The highest BCUT2D eigenvalue weighted by Gasteiger charge is 2.29. The minimum atomic E-state index is 0.285. The summed E-state index contributed by atoms with van der Waals surface area (Å²) in [5, 5.41) is 3.34. The monoisotopic (exact) mass is 351 g/mol. The molecule has 0 aliphatic heterocycles. The molecular formula is C19H25N7. The number of hydrogen-bond donors (Lipinski definition) is 4. The van der Waals surface area contributed by atoms with Crippen molar-refractivity contribution in [3.8, 4) is 0 Å². The Kier molecular flexibility index (Phi) is 4.24. The number of nitrogens with zero attached hydrogens (tertiary/aromatic N) is 3. The van der Waals surface area contributed by atoms with Gasteiger partial charge in [-0.25, -0.2) is 9.97 Å². The number of nitrogens with two attached hydrogens (primary N) is 2. The van der Waals surface area contributed by atoms with E-state index in [1.807, 2.05) is 6.07 Å². The Morgan fingerprint density at radius 2 is 2.00 bits per heavy atom. The van der Waals surface area contributed by atoms with Crippen molar-refractivity contribution in [3.05, 3.63) is 40.8 Å². The summed E-state index contributed by atoms with van der Waals surface area (Å²) in [5.41, 5.74) is 17.3. The first-order valence-electron chi connectivity index (χ1n) is 9.08. The summed E-state index contributed by atoms with van der Waals surface area (Å²) in [5.74, 6) is 2.43. The Morgan fingerprint density at radius 3 is 2.77 bits per heavy atom. The Labute approximate surface area is 152 Å². The van der Waals surface area contributed by atoms with E-state index in [1.165, 1.54) is 11.1 Å². The molecule has 4 rings (SSSR count). The maximum absolute atomic E-state index is 5.88. The second-order valence-corrected chi connectivity index (χ2v) is 7.23. The minimum absolute atomic E-state index is 0.285. The molecule has 0 radical (unpaired) electrons. The number of benzene rings is 1. The SMILES string of the molecule is Cc1ccc2[nH]c(CCNc3cc(C4CC(N)C4)nc(N)n3)nc2c1C. The van der Waals surface area contributed by atoms with Crippen LogP contribution < -0.4 is 16.8 Å². The lowest BCUT2D eigenvalue weighted by atomic mass is 9.78. The average Bonchev–Trinajstić information content (AvgIpc) is 2.99. The molecule has 0 atom stereocenters. The Balaban J connectivity index is 1.42. The van der Waals surface area contributed by atoms with Crippen molar-refractivity contribution in [1.29, 1.82) is 0 Å². The molecule has 2 heterocycles. The maximum atomic E-state index is 5.88. The second-order valence-electron chi connectivity index (χ2n) is 7.23. The van der Waals surface area contributed by atoms with Gasteiger partial charge in [0.2, 0.25) is 5.95 Å². The van der Waals surface area contributed by atoms with E-state index < -0.39 is 0 Å². The van der Waals surface area contributed by atoms with E-state index >= 15 is 0 Å². The highest BCUT2D eigenvalue weighted by atomic mass is 15.1. The van der Waals surface area contributed by atoms with E-state index in [4.69, 9.17) is 16.5 Å². The summed E-state index contributed by atoms with van der Waals surface area (Å²) in [4.78, 5) is 16.8. The lowest BCUT2D eigenvalue weighted by Crippen LogP contribution is -2.35. The van der Waals surface area contributed by atoms with Gasteiger partial charge >= 0.3 is 0 Å². The number of aromatic amines is 1. The second kappa shape index (κ2) is 6.57. The number of rotatable bonds is 5. The molecule has 1 fully saturated rings. The van der Waals surface area contributed by atoms with Crippen LogP contribution >= 0.6 is 0 Å². The molecule has 0 unspecified atom stereocenters. The standard InChI is InChI=1S/C19H25N7/c1-10-3-4-14-18(11(10)2)25-16(23-14)5-6-22-17-9-15(24-19(21)26-17)12-7-13(20)8-12/h3-4,9,12-13H,5-8,20H2,1-2H3,(H,23,25)(H3,21,22,24,26). The number of imidazole rings is 1. The third kappa shape index (κ3) is 3.22. The summed E-state index contributed by atoms with van der Waals surface area (Å²) in [6.07, 6.45) is 2.71. The number of fused-ring (bicyclic) bond motifs is 1. The molecular weight excluding hydrogens is 326 g/mol. The number of hydrogen-bond acceptors (Lipinski definition) is 6. The minimum Gasteiger partial charge on any atom is -0.369 e. The number of nitrogen functional groups attached to an aromatic ring is 1. The fraction of sp³-hybridized carbons (Fsp3) is 0.421. The van der Waals surface area contributed by atoms with Crippen LogP contribution in [0, 0.1) is 13.8 Å². The van der Waals surface area contributed by atoms with Gasteiger partial charge in [-0.1, -0.05) is 6.07 Å². The van der Waals surface area contributed by atoms with Crippen molar-refractivity contribution in [2.45, 2.75) is 45.1 Å². The summed E-state index contributed by atoms with van der Waals surface area (Å²) in [6, 6.07) is 6.48. The van der Waals surface area contributed by atoms with Crippen LogP contribution in [0.5, 0.6) is 0 Å². The third-order valence-electron chi connectivity index (χ3n) is 5.25. The molecule has 1 saturated carbocycles.